The molecule has 3 heterocycles. The number of aliphatic hydroxyl groups excluding tert-OH is 1. The average Bonchev–Trinajstić information content (AvgIpc) is 3.50. The zero-order valence-electron chi connectivity index (χ0n) is 18.4. The molecule has 1 amide bonds. The molecule has 0 spiro atoms. The van der Waals surface area contributed by atoms with Crippen molar-refractivity contribution in [2.45, 2.75) is 30.4 Å². The van der Waals surface area contributed by atoms with Crippen LogP contribution in [-0.2, 0) is 23.4 Å². The molecule has 0 radical (unpaired) electrons. The highest BCUT2D eigenvalue weighted by Crippen LogP contribution is 2.41. The molecule has 0 saturated carbocycles. The summed E-state index contributed by atoms with van der Waals surface area (Å²) in [5, 5.41) is 24.3. The normalized spacial score (nSPS) is 19.6. The van der Waals surface area contributed by atoms with Crippen LogP contribution in [0.2, 0.25) is 0 Å². The Hall–Kier alpha value is -3.88. The van der Waals surface area contributed by atoms with Crippen LogP contribution in [0.25, 0.3) is 11.5 Å². The van der Waals surface area contributed by atoms with Gasteiger partial charge in [-0.15, -0.1) is 16.8 Å². The summed E-state index contributed by atoms with van der Waals surface area (Å²) in [6.07, 6.45) is -10.2. The van der Waals surface area contributed by atoms with Crippen LogP contribution in [0.15, 0.2) is 47.5 Å². The molecule has 0 bridgehead atoms. The van der Waals surface area contributed by atoms with Crippen molar-refractivity contribution in [1.82, 2.24) is 24.9 Å². The predicted molar refractivity (Wildman–Crippen MR) is 111 cm³/mol. The SMILES string of the molecule is C=C[C@@]1(c2nnc(-c3cn(C)nc3Nc3ccc(C(F)(F)F)cc3)o2)CCN([C@H](O)C(F)(F)F)C1=O. The second kappa shape index (κ2) is 8.65. The number of benzene rings is 1. The highest BCUT2D eigenvalue weighted by atomic mass is 19.4. The molecular formula is C21H18F6N6O3. The van der Waals surface area contributed by atoms with Crippen LogP contribution in [0.1, 0.15) is 17.9 Å². The lowest BCUT2D eigenvalue weighted by Crippen LogP contribution is -2.49. The van der Waals surface area contributed by atoms with Gasteiger partial charge in [0.05, 0.1) is 5.56 Å². The first-order valence-corrected chi connectivity index (χ1v) is 10.3. The van der Waals surface area contributed by atoms with E-state index in [1.54, 1.807) is 7.05 Å². The lowest BCUT2D eigenvalue weighted by atomic mass is 9.86. The van der Waals surface area contributed by atoms with Crippen molar-refractivity contribution in [3.05, 3.63) is 54.6 Å². The minimum absolute atomic E-state index is 0.131. The van der Waals surface area contributed by atoms with Crippen LogP contribution in [0.3, 0.4) is 0 Å². The van der Waals surface area contributed by atoms with E-state index in [-0.39, 0.29) is 40.2 Å². The standard InChI is InChI=1S/C21H18F6N6O3/c1-3-19(8-9-33(17(19)34)18(35)21(25,26)27)16-30-29-15(36-16)13-10-32(2)31-14(13)28-12-6-4-11(5-7-12)20(22,23)24/h3-7,10,18,35H,1,8-9H2,2H3,(H,28,31)/t18-,19+/m1/s1. The Kier molecular flexibility index (Phi) is 6.06. The van der Waals surface area contributed by atoms with E-state index in [0.717, 1.165) is 18.2 Å². The fourth-order valence-electron chi connectivity index (χ4n) is 3.78. The second-order valence-electron chi connectivity index (χ2n) is 8.02. The van der Waals surface area contributed by atoms with Gasteiger partial charge in [0.1, 0.15) is 11.0 Å². The van der Waals surface area contributed by atoms with E-state index in [0.29, 0.717) is 0 Å². The van der Waals surface area contributed by atoms with Gasteiger partial charge >= 0.3 is 12.4 Å². The highest BCUT2D eigenvalue weighted by Gasteiger charge is 2.56. The minimum atomic E-state index is -5.05. The number of aromatic nitrogens is 4. The van der Waals surface area contributed by atoms with Crippen LogP contribution >= 0.6 is 0 Å². The van der Waals surface area contributed by atoms with Crippen LogP contribution < -0.4 is 5.32 Å². The molecule has 1 saturated heterocycles. The molecule has 1 aliphatic heterocycles. The summed E-state index contributed by atoms with van der Waals surface area (Å²) in [6.45, 7) is 3.10. The third-order valence-corrected chi connectivity index (χ3v) is 5.67. The number of rotatable bonds is 6. The number of alkyl halides is 6. The Labute approximate surface area is 199 Å². The summed E-state index contributed by atoms with van der Waals surface area (Å²) < 4.78 is 84.4. The second-order valence-corrected chi connectivity index (χ2v) is 8.02. The monoisotopic (exact) mass is 516 g/mol. The molecule has 15 heteroatoms. The van der Waals surface area contributed by atoms with Gasteiger partial charge in [-0.2, -0.15) is 31.4 Å². The van der Waals surface area contributed by atoms with Crippen molar-refractivity contribution >= 4 is 17.4 Å². The minimum Gasteiger partial charge on any atom is -0.419 e. The lowest BCUT2D eigenvalue weighted by Gasteiger charge is -2.26. The van der Waals surface area contributed by atoms with Crippen molar-refractivity contribution in [3.8, 4) is 11.5 Å². The third-order valence-electron chi connectivity index (χ3n) is 5.67. The number of halogens is 6. The van der Waals surface area contributed by atoms with E-state index in [1.165, 1.54) is 23.0 Å². The fraction of sp³-hybridized carbons (Fsp3) is 0.333. The highest BCUT2D eigenvalue weighted by molar-refractivity contribution is 5.91. The molecule has 1 aliphatic rings. The topological polar surface area (TPSA) is 109 Å². The molecule has 36 heavy (non-hydrogen) atoms. The molecule has 0 unspecified atom stereocenters. The summed E-state index contributed by atoms with van der Waals surface area (Å²) in [7, 11) is 1.56. The van der Waals surface area contributed by atoms with E-state index in [1.807, 2.05) is 0 Å². The van der Waals surface area contributed by atoms with E-state index < -0.39 is 42.0 Å². The van der Waals surface area contributed by atoms with Gasteiger partial charge in [-0.3, -0.25) is 9.48 Å². The number of amides is 1. The van der Waals surface area contributed by atoms with Crippen molar-refractivity contribution in [2.24, 2.45) is 7.05 Å². The summed E-state index contributed by atoms with van der Waals surface area (Å²) in [5.74, 6) is -1.46. The van der Waals surface area contributed by atoms with E-state index in [9.17, 15) is 36.2 Å². The fourth-order valence-corrected chi connectivity index (χ4v) is 3.78. The summed E-state index contributed by atoms with van der Waals surface area (Å²) in [4.78, 5) is 13.1. The van der Waals surface area contributed by atoms with Crippen LogP contribution in [-0.4, -0.2) is 54.8 Å². The number of aliphatic hydroxyl groups is 1. The Morgan fingerprint density at radius 3 is 2.44 bits per heavy atom. The Morgan fingerprint density at radius 1 is 1.19 bits per heavy atom. The summed E-state index contributed by atoms with van der Waals surface area (Å²) >= 11 is 0. The van der Waals surface area contributed by atoms with Crippen molar-refractivity contribution in [2.75, 3.05) is 11.9 Å². The zero-order valence-corrected chi connectivity index (χ0v) is 18.4. The van der Waals surface area contributed by atoms with Gasteiger partial charge in [0, 0.05) is 25.5 Å². The molecular weight excluding hydrogens is 498 g/mol. The van der Waals surface area contributed by atoms with E-state index in [4.69, 9.17) is 4.42 Å². The number of nitrogens with zero attached hydrogens (tertiary/aromatic N) is 5. The summed E-state index contributed by atoms with van der Waals surface area (Å²) in [5.41, 5.74) is -2.14. The number of aryl methyl sites for hydroxylation is 1. The number of nitrogens with one attached hydrogen (secondary N) is 1. The van der Waals surface area contributed by atoms with Crippen LogP contribution in [0.4, 0.5) is 37.8 Å². The third kappa shape index (κ3) is 4.41. The zero-order chi connectivity index (χ0) is 26.5. The molecule has 2 aromatic heterocycles. The molecule has 0 aliphatic carbocycles. The Bertz CT molecular complexity index is 1280. The van der Waals surface area contributed by atoms with E-state index in [2.05, 4.69) is 27.2 Å². The predicted octanol–water partition coefficient (Wildman–Crippen LogP) is 3.77. The van der Waals surface area contributed by atoms with Gasteiger partial charge < -0.3 is 19.7 Å². The van der Waals surface area contributed by atoms with Gasteiger partial charge in [-0.1, -0.05) is 6.08 Å². The number of carbonyl (C=O) groups excluding carboxylic acids is 1. The smallest absolute Gasteiger partial charge is 0.419 e. The molecule has 2 N–H and O–H groups in total. The molecule has 4 rings (SSSR count). The molecule has 1 aromatic carbocycles. The van der Waals surface area contributed by atoms with Crippen LogP contribution in [0.5, 0.6) is 0 Å². The molecule has 3 aromatic rings. The first-order chi connectivity index (χ1) is 16.8. The first kappa shape index (κ1) is 25.2. The van der Waals surface area contributed by atoms with Gasteiger partial charge in [0.15, 0.2) is 5.82 Å². The maximum absolute atomic E-state index is 13.0. The summed E-state index contributed by atoms with van der Waals surface area (Å²) in [6, 6.07) is 4.17. The van der Waals surface area contributed by atoms with Crippen LogP contribution in [0, 0.1) is 0 Å². The van der Waals surface area contributed by atoms with Gasteiger partial charge in [0.25, 0.3) is 5.89 Å². The number of carbonyl (C=O) groups is 1. The van der Waals surface area contributed by atoms with E-state index >= 15 is 0 Å². The van der Waals surface area contributed by atoms with Crippen molar-refractivity contribution in [3.63, 3.8) is 0 Å². The quantitative estimate of drug-likeness (QED) is 0.379. The molecule has 192 valence electrons. The lowest BCUT2D eigenvalue weighted by molar-refractivity contribution is -0.245. The maximum atomic E-state index is 13.0. The number of likely N-dealkylation sites (tertiary alicyclic amines) is 1. The van der Waals surface area contributed by atoms with Gasteiger partial charge in [0.2, 0.25) is 18.0 Å². The van der Waals surface area contributed by atoms with Crippen molar-refractivity contribution in [1.29, 1.82) is 0 Å². The molecule has 2 atom stereocenters. The largest absolute Gasteiger partial charge is 0.433 e. The number of hydrogen-bond donors (Lipinski definition) is 2. The Morgan fingerprint density at radius 2 is 1.86 bits per heavy atom. The number of hydrogen-bond acceptors (Lipinski definition) is 7. The Balaban J connectivity index is 1.62. The van der Waals surface area contributed by atoms with Gasteiger partial charge in [-0.25, -0.2) is 0 Å². The average molecular weight is 516 g/mol. The molecule has 9 nitrogen and oxygen atoms in total. The maximum Gasteiger partial charge on any atom is 0.433 e. The van der Waals surface area contributed by atoms with Gasteiger partial charge in [-0.05, 0) is 30.7 Å². The molecule has 1 fully saturated rings. The van der Waals surface area contributed by atoms with Crippen molar-refractivity contribution < 1.29 is 40.7 Å². The number of anilines is 2. The first-order valence-electron chi connectivity index (χ1n) is 10.3.